The molecule has 0 aliphatic rings. The third kappa shape index (κ3) is 3.75. The molecule has 0 spiro atoms. The van der Waals surface area contributed by atoms with Crippen LogP contribution >= 0.6 is 0 Å². The van der Waals surface area contributed by atoms with Crippen molar-refractivity contribution in [2.24, 2.45) is 0 Å². The molecule has 0 radical (unpaired) electrons. The van der Waals surface area contributed by atoms with Crippen LogP contribution in [0.3, 0.4) is 0 Å². The van der Waals surface area contributed by atoms with Gasteiger partial charge in [0.25, 0.3) is 0 Å². The highest BCUT2D eigenvalue weighted by Crippen LogP contribution is 2.24. The molecule has 0 aliphatic carbocycles. The molecule has 0 saturated heterocycles. The van der Waals surface area contributed by atoms with Gasteiger partial charge in [0.1, 0.15) is 5.82 Å². The fourth-order valence-electron chi connectivity index (χ4n) is 2.01. The van der Waals surface area contributed by atoms with Gasteiger partial charge in [0.05, 0.1) is 4.90 Å². The Hall–Kier alpha value is -0.980. The Bertz CT molecular complexity index is 520. The summed E-state index contributed by atoms with van der Waals surface area (Å²) in [6.07, 6.45) is 0.617. The molecule has 0 amide bonds. The topological polar surface area (TPSA) is 46.6 Å². The molecular weight excluding hydrogens is 269 g/mol. The van der Waals surface area contributed by atoms with Crippen molar-refractivity contribution < 1.29 is 17.5 Å². The first-order valence-corrected chi connectivity index (χ1v) is 7.46. The quantitative estimate of drug-likeness (QED) is 0.753. The van der Waals surface area contributed by atoms with Gasteiger partial charge in [-0.2, -0.15) is 0 Å². The molecule has 19 heavy (non-hydrogen) atoms. The van der Waals surface area contributed by atoms with E-state index in [9.17, 15) is 12.8 Å². The van der Waals surface area contributed by atoms with E-state index in [1.165, 1.54) is 23.5 Å². The molecule has 108 valence electrons. The van der Waals surface area contributed by atoms with Crippen molar-refractivity contribution in [2.45, 2.75) is 25.2 Å². The predicted octanol–water partition coefficient (Wildman–Crippen LogP) is 2.10. The molecule has 0 aliphatic heterocycles. The van der Waals surface area contributed by atoms with E-state index in [1.54, 1.807) is 21.0 Å². The average Bonchev–Trinajstić information content (AvgIpc) is 2.27. The molecule has 6 heteroatoms. The van der Waals surface area contributed by atoms with Gasteiger partial charge < -0.3 is 4.74 Å². The number of methoxy groups -OCH3 is 1. The first-order valence-electron chi connectivity index (χ1n) is 6.02. The van der Waals surface area contributed by atoms with Gasteiger partial charge in [-0.15, -0.1) is 0 Å². The van der Waals surface area contributed by atoms with Crippen LogP contribution < -0.4 is 0 Å². The number of hydrogen-bond donors (Lipinski definition) is 0. The van der Waals surface area contributed by atoms with Crippen LogP contribution in [0.4, 0.5) is 4.39 Å². The van der Waals surface area contributed by atoms with E-state index in [1.807, 2.05) is 0 Å². The molecule has 0 atom stereocenters. The van der Waals surface area contributed by atoms with E-state index >= 15 is 0 Å². The lowest BCUT2D eigenvalue weighted by Crippen LogP contribution is -2.29. The number of ether oxygens (including phenoxy) is 1. The molecule has 1 aromatic carbocycles. The van der Waals surface area contributed by atoms with Crippen LogP contribution in [0.25, 0.3) is 0 Å². The lowest BCUT2D eigenvalue weighted by Gasteiger charge is -2.20. The van der Waals surface area contributed by atoms with Crippen molar-refractivity contribution in [1.29, 1.82) is 0 Å². The zero-order valence-electron chi connectivity index (χ0n) is 11.7. The van der Waals surface area contributed by atoms with Crippen molar-refractivity contribution in [2.75, 3.05) is 27.3 Å². The van der Waals surface area contributed by atoms with E-state index < -0.39 is 15.8 Å². The van der Waals surface area contributed by atoms with Gasteiger partial charge in [-0.25, -0.2) is 17.1 Å². The number of sulfonamides is 1. The van der Waals surface area contributed by atoms with Crippen molar-refractivity contribution >= 4 is 10.0 Å². The normalized spacial score (nSPS) is 12.1. The van der Waals surface area contributed by atoms with Gasteiger partial charge in [-0.1, -0.05) is 0 Å². The first-order chi connectivity index (χ1) is 8.80. The Morgan fingerprint density at radius 1 is 1.26 bits per heavy atom. The molecular formula is C13H20FNO3S. The first kappa shape index (κ1) is 16.1. The standard InChI is InChI=1S/C13H20FNO3S/c1-10-8-12(14)9-11(2)13(10)19(16,17)15(3)6-5-7-18-4/h8-9H,5-7H2,1-4H3. The summed E-state index contributed by atoms with van der Waals surface area (Å²) >= 11 is 0. The summed E-state index contributed by atoms with van der Waals surface area (Å²) in [5, 5.41) is 0. The maximum absolute atomic E-state index is 13.2. The summed E-state index contributed by atoms with van der Waals surface area (Å²) in [4.78, 5) is 0.189. The summed E-state index contributed by atoms with van der Waals surface area (Å²) in [6.45, 7) is 4.07. The van der Waals surface area contributed by atoms with E-state index in [0.717, 1.165) is 0 Å². The maximum atomic E-state index is 13.2. The Balaban J connectivity index is 3.07. The SMILES string of the molecule is COCCCN(C)S(=O)(=O)c1c(C)cc(F)cc1C. The Morgan fingerprint density at radius 2 is 1.79 bits per heavy atom. The highest BCUT2D eigenvalue weighted by Gasteiger charge is 2.24. The van der Waals surface area contributed by atoms with E-state index in [0.29, 0.717) is 30.7 Å². The van der Waals surface area contributed by atoms with Crippen LogP contribution in [0, 0.1) is 19.7 Å². The molecule has 0 fully saturated rings. The van der Waals surface area contributed by atoms with Crippen molar-refractivity contribution in [1.82, 2.24) is 4.31 Å². The monoisotopic (exact) mass is 289 g/mol. The molecule has 0 aromatic heterocycles. The second-order valence-corrected chi connectivity index (χ2v) is 6.52. The molecule has 1 rings (SSSR count). The van der Waals surface area contributed by atoms with Gasteiger partial charge in [-0.05, 0) is 43.5 Å². The van der Waals surface area contributed by atoms with Gasteiger partial charge in [-0.3, -0.25) is 0 Å². The number of aryl methyl sites for hydroxylation is 2. The van der Waals surface area contributed by atoms with Gasteiger partial charge >= 0.3 is 0 Å². The molecule has 0 bridgehead atoms. The molecule has 1 aromatic rings. The highest BCUT2D eigenvalue weighted by atomic mass is 32.2. The summed E-state index contributed by atoms with van der Waals surface area (Å²) in [5.74, 6) is -0.420. The van der Waals surface area contributed by atoms with Crippen LogP contribution in [-0.4, -0.2) is 40.0 Å². The Kier molecular flexibility index (Phi) is 5.46. The number of benzene rings is 1. The average molecular weight is 289 g/mol. The predicted molar refractivity (Wildman–Crippen MR) is 72.2 cm³/mol. The van der Waals surface area contributed by atoms with Crippen LogP contribution in [0.15, 0.2) is 17.0 Å². The second kappa shape index (κ2) is 6.45. The van der Waals surface area contributed by atoms with Crippen LogP contribution in [0.1, 0.15) is 17.5 Å². The number of nitrogens with zero attached hydrogens (tertiary/aromatic N) is 1. The lowest BCUT2D eigenvalue weighted by molar-refractivity contribution is 0.189. The van der Waals surface area contributed by atoms with Gasteiger partial charge in [0, 0.05) is 27.3 Å². The lowest BCUT2D eigenvalue weighted by atomic mass is 10.1. The fraction of sp³-hybridized carbons (Fsp3) is 0.538. The smallest absolute Gasteiger partial charge is 0.243 e. The fourth-order valence-corrected chi connectivity index (χ4v) is 3.62. The minimum atomic E-state index is -3.59. The van der Waals surface area contributed by atoms with E-state index in [-0.39, 0.29) is 4.90 Å². The van der Waals surface area contributed by atoms with Crippen LogP contribution in [0.2, 0.25) is 0 Å². The van der Waals surface area contributed by atoms with E-state index in [2.05, 4.69) is 0 Å². The maximum Gasteiger partial charge on any atom is 0.243 e. The number of halogens is 1. The molecule has 0 heterocycles. The Labute approximate surface area is 114 Å². The minimum absolute atomic E-state index is 0.189. The summed E-state index contributed by atoms with van der Waals surface area (Å²) in [5.41, 5.74) is 0.854. The third-order valence-corrected chi connectivity index (χ3v) is 5.08. The zero-order chi connectivity index (χ0) is 14.6. The Morgan fingerprint density at radius 3 is 2.26 bits per heavy atom. The minimum Gasteiger partial charge on any atom is -0.385 e. The zero-order valence-corrected chi connectivity index (χ0v) is 12.6. The second-order valence-electron chi connectivity index (χ2n) is 4.54. The number of rotatable bonds is 6. The van der Waals surface area contributed by atoms with Crippen molar-refractivity contribution in [3.63, 3.8) is 0 Å². The largest absolute Gasteiger partial charge is 0.385 e. The summed E-state index contributed by atoms with van der Waals surface area (Å²) in [7, 11) is -0.493. The molecule has 0 saturated carbocycles. The molecule has 4 nitrogen and oxygen atoms in total. The van der Waals surface area contributed by atoms with Crippen LogP contribution in [-0.2, 0) is 14.8 Å². The van der Waals surface area contributed by atoms with Gasteiger partial charge in [0.2, 0.25) is 10.0 Å². The van der Waals surface area contributed by atoms with Gasteiger partial charge in [0.15, 0.2) is 0 Å². The highest BCUT2D eigenvalue weighted by molar-refractivity contribution is 7.89. The molecule has 0 unspecified atom stereocenters. The molecule has 0 N–H and O–H groups in total. The third-order valence-electron chi connectivity index (χ3n) is 2.91. The van der Waals surface area contributed by atoms with E-state index in [4.69, 9.17) is 4.74 Å². The number of hydrogen-bond acceptors (Lipinski definition) is 3. The van der Waals surface area contributed by atoms with Crippen molar-refractivity contribution in [3.8, 4) is 0 Å². The summed E-state index contributed by atoms with van der Waals surface area (Å²) < 4.78 is 44.3. The summed E-state index contributed by atoms with van der Waals surface area (Å²) in [6, 6.07) is 2.48. The van der Waals surface area contributed by atoms with Crippen molar-refractivity contribution in [3.05, 3.63) is 29.1 Å². The van der Waals surface area contributed by atoms with Crippen LogP contribution in [0.5, 0.6) is 0 Å².